The SMILES string of the molecule is COc1cccc(-c2ccc(COc3cc([C@@H](CP(C)(=O)O)C4CC4)ccn3)cc2C(OC)C(C)(C)C)c1. The van der Waals surface area contributed by atoms with Crippen LogP contribution in [-0.4, -0.2) is 36.9 Å². The van der Waals surface area contributed by atoms with Gasteiger partial charge in [-0.1, -0.05) is 45.0 Å². The lowest BCUT2D eigenvalue weighted by Gasteiger charge is -2.32. The van der Waals surface area contributed by atoms with Crippen LogP contribution in [0.4, 0.5) is 0 Å². The van der Waals surface area contributed by atoms with Gasteiger partial charge < -0.3 is 19.1 Å². The summed E-state index contributed by atoms with van der Waals surface area (Å²) in [6.07, 6.45) is 4.09. The van der Waals surface area contributed by atoms with Gasteiger partial charge in [-0.2, -0.15) is 0 Å². The van der Waals surface area contributed by atoms with Crippen LogP contribution in [0.1, 0.15) is 62.3 Å². The smallest absolute Gasteiger partial charge is 0.213 e. The Morgan fingerprint density at radius 3 is 2.47 bits per heavy atom. The molecule has 1 aromatic heterocycles. The van der Waals surface area contributed by atoms with E-state index in [1.807, 2.05) is 30.3 Å². The minimum atomic E-state index is -3.13. The molecule has 1 aliphatic carbocycles. The number of rotatable bonds is 11. The predicted molar refractivity (Wildman–Crippen MR) is 152 cm³/mol. The molecule has 3 atom stereocenters. The molecule has 7 heteroatoms. The minimum absolute atomic E-state index is 0.0594. The second-order valence-corrected chi connectivity index (χ2v) is 14.0. The molecule has 6 nitrogen and oxygen atoms in total. The first kappa shape index (κ1) is 28.4. The number of pyridine rings is 1. The molecule has 1 heterocycles. The first-order chi connectivity index (χ1) is 18.0. The van der Waals surface area contributed by atoms with Crippen molar-refractivity contribution < 1.29 is 23.7 Å². The van der Waals surface area contributed by atoms with E-state index < -0.39 is 7.37 Å². The van der Waals surface area contributed by atoms with Gasteiger partial charge in [0.25, 0.3) is 0 Å². The maximum Gasteiger partial charge on any atom is 0.213 e. The molecular weight excluding hydrogens is 497 g/mol. The van der Waals surface area contributed by atoms with E-state index in [2.05, 4.69) is 50.0 Å². The number of ether oxygens (including phenoxy) is 3. The van der Waals surface area contributed by atoms with E-state index in [4.69, 9.17) is 14.2 Å². The van der Waals surface area contributed by atoms with Crippen LogP contribution in [-0.2, 0) is 15.9 Å². The summed E-state index contributed by atoms with van der Waals surface area (Å²) in [5, 5.41) is 0. The molecule has 1 fully saturated rings. The Kier molecular flexibility index (Phi) is 8.66. The van der Waals surface area contributed by atoms with Gasteiger partial charge >= 0.3 is 0 Å². The van der Waals surface area contributed by atoms with Crippen LogP contribution in [0.2, 0.25) is 0 Å². The lowest BCUT2D eigenvalue weighted by molar-refractivity contribution is 0.0155. The summed E-state index contributed by atoms with van der Waals surface area (Å²) in [6.45, 7) is 8.31. The summed E-state index contributed by atoms with van der Waals surface area (Å²) in [4.78, 5) is 14.4. The number of aromatic nitrogens is 1. The Labute approximate surface area is 226 Å². The van der Waals surface area contributed by atoms with Crippen molar-refractivity contribution in [2.75, 3.05) is 27.0 Å². The first-order valence-corrected chi connectivity index (χ1v) is 15.5. The fourth-order valence-electron chi connectivity index (χ4n) is 5.20. The van der Waals surface area contributed by atoms with Gasteiger partial charge in [-0.25, -0.2) is 4.98 Å². The maximum atomic E-state index is 12.2. The van der Waals surface area contributed by atoms with Crippen molar-refractivity contribution in [1.82, 2.24) is 4.98 Å². The molecule has 1 aliphatic rings. The van der Waals surface area contributed by atoms with Gasteiger partial charge in [0, 0.05) is 32.2 Å². The quantitative estimate of drug-likeness (QED) is 0.256. The molecule has 0 aliphatic heterocycles. The van der Waals surface area contributed by atoms with E-state index in [0.717, 1.165) is 46.4 Å². The zero-order valence-electron chi connectivity index (χ0n) is 23.3. The third kappa shape index (κ3) is 7.25. The molecule has 1 N–H and O–H groups in total. The second kappa shape index (κ2) is 11.6. The number of hydrogen-bond donors (Lipinski definition) is 1. The van der Waals surface area contributed by atoms with E-state index in [0.29, 0.717) is 24.6 Å². The van der Waals surface area contributed by atoms with Crippen LogP contribution < -0.4 is 9.47 Å². The van der Waals surface area contributed by atoms with Gasteiger partial charge in [-0.15, -0.1) is 0 Å². The highest BCUT2D eigenvalue weighted by atomic mass is 31.2. The molecule has 0 spiro atoms. The molecule has 2 aromatic carbocycles. The lowest BCUT2D eigenvalue weighted by atomic mass is 9.81. The normalized spacial score (nSPS) is 16.9. The number of nitrogens with zero attached hydrogens (tertiary/aromatic N) is 1. The summed E-state index contributed by atoms with van der Waals surface area (Å²) in [5.41, 5.74) is 5.16. The maximum absolute atomic E-state index is 12.2. The molecular formula is C31H40NO5P. The van der Waals surface area contributed by atoms with Gasteiger partial charge in [0.05, 0.1) is 13.2 Å². The Morgan fingerprint density at radius 1 is 1.08 bits per heavy atom. The predicted octanol–water partition coefficient (Wildman–Crippen LogP) is 7.46. The molecule has 2 unspecified atom stereocenters. The van der Waals surface area contributed by atoms with Crippen LogP contribution in [0.3, 0.4) is 0 Å². The van der Waals surface area contributed by atoms with Gasteiger partial charge in [0.2, 0.25) is 5.88 Å². The number of hydrogen-bond acceptors (Lipinski definition) is 5. The van der Waals surface area contributed by atoms with Crippen LogP contribution in [0.5, 0.6) is 11.6 Å². The van der Waals surface area contributed by atoms with Crippen molar-refractivity contribution in [3.8, 4) is 22.8 Å². The molecule has 38 heavy (non-hydrogen) atoms. The molecule has 204 valence electrons. The average Bonchev–Trinajstić information content (AvgIpc) is 3.71. The fourth-order valence-corrected chi connectivity index (χ4v) is 6.44. The first-order valence-electron chi connectivity index (χ1n) is 13.2. The van der Waals surface area contributed by atoms with Crippen LogP contribution in [0, 0.1) is 11.3 Å². The topological polar surface area (TPSA) is 77.9 Å². The highest BCUT2D eigenvalue weighted by Crippen LogP contribution is 2.50. The highest BCUT2D eigenvalue weighted by Gasteiger charge is 2.35. The van der Waals surface area contributed by atoms with Gasteiger partial charge in [0.1, 0.15) is 12.4 Å². The molecule has 1 saturated carbocycles. The zero-order valence-corrected chi connectivity index (χ0v) is 24.2. The Morgan fingerprint density at radius 2 is 1.84 bits per heavy atom. The summed E-state index contributed by atoms with van der Waals surface area (Å²) >= 11 is 0. The number of methoxy groups -OCH3 is 2. The molecule has 0 radical (unpaired) electrons. The fraction of sp³-hybridized carbons (Fsp3) is 0.452. The van der Waals surface area contributed by atoms with E-state index in [9.17, 15) is 9.46 Å². The van der Waals surface area contributed by atoms with Crippen molar-refractivity contribution in [2.24, 2.45) is 11.3 Å². The summed E-state index contributed by atoms with van der Waals surface area (Å²) in [5.74, 6) is 1.85. The Hall–Kier alpha value is -2.66. The van der Waals surface area contributed by atoms with Crippen LogP contribution in [0.15, 0.2) is 60.8 Å². The van der Waals surface area contributed by atoms with E-state index in [-0.39, 0.29) is 17.4 Å². The monoisotopic (exact) mass is 537 g/mol. The largest absolute Gasteiger partial charge is 0.497 e. The molecule has 4 rings (SSSR count). The van der Waals surface area contributed by atoms with Crippen molar-refractivity contribution in [2.45, 2.75) is 52.2 Å². The zero-order chi connectivity index (χ0) is 27.5. The molecule has 0 bridgehead atoms. The van der Waals surface area contributed by atoms with E-state index >= 15 is 0 Å². The third-order valence-electron chi connectivity index (χ3n) is 7.10. The highest BCUT2D eigenvalue weighted by molar-refractivity contribution is 7.57. The Bertz CT molecular complexity index is 1290. The Balaban J connectivity index is 1.61. The summed E-state index contributed by atoms with van der Waals surface area (Å²) < 4.78 is 29.8. The van der Waals surface area contributed by atoms with E-state index in [1.54, 1.807) is 20.4 Å². The minimum Gasteiger partial charge on any atom is -0.497 e. The van der Waals surface area contributed by atoms with Gasteiger partial charge in [-0.3, -0.25) is 4.57 Å². The molecule has 0 saturated heterocycles. The van der Waals surface area contributed by atoms with Crippen molar-refractivity contribution in [3.05, 3.63) is 77.5 Å². The molecule has 3 aromatic rings. The third-order valence-corrected chi connectivity index (χ3v) is 8.17. The summed E-state index contributed by atoms with van der Waals surface area (Å²) in [7, 11) is 0.298. The van der Waals surface area contributed by atoms with E-state index in [1.165, 1.54) is 6.66 Å². The van der Waals surface area contributed by atoms with Gasteiger partial charge in [-0.05, 0) is 82.2 Å². The van der Waals surface area contributed by atoms with Gasteiger partial charge in [0.15, 0.2) is 7.37 Å². The second-order valence-electron chi connectivity index (χ2n) is 11.5. The standard InChI is InChI=1S/C31H40NO5P/c1-31(2,3)30(36-5)27-16-21(10-13-26(27)23-8-7-9-25(17-23)35-4)19-37-29-18-24(14-15-32-29)28(22-11-12-22)20-38(6,33)34/h7-10,13-18,22,28,30H,11-12,19-20H2,1-6H3,(H,33,34)/t28-,30?/m0/s1. The summed E-state index contributed by atoms with van der Waals surface area (Å²) in [6, 6.07) is 18.3. The number of benzene rings is 2. The van der Waals surface area contributed by atoms with Crippen molar-refractivity contribution >= 4 is 7.37 Å². The average molecular weight is 538 g/mol. The lowest BCUT2D eigenvalue weighted by Crippen LogP contribution is -2.21. The van der Waals surface area contributed by atoms with Crippen molar-refractivity contribution in [3.63, 3.8) is 0 Å². The molecule has 0 amide bonds. The van der Waals surface area contributed by atoms with Crippen LogP contribution >= 0.6 is 7.37 Å². The van der Waals surface area contributed by atoms with Crippen molar-refractivity contribution in [1.29, 1.82) is 0 Å². The van der Waals surface area contributed by atoms with Crippen LogP contribution in [0.25, 0.3) is 11.1 Å².